The minimum atomic E-state index is -0.835. The summed E-state index contributed by atoms with van der Waals surface area (Å²) in [6.07, 6.45) is 0.455. The molecule has 32 heavy (non-hydrogen) atoms. The van der Waals surface area contributed by atoms with E-state index in [-0.39, 0.29) is 6.04 Å². The number of nitrogens with zero attached hydrogens (tertiary/aromatic N) is 1. The van der Waals surface area contributed by atoms with E-state index in [4.69, 9.17) is 4.74 Å². The second kappa shape index (κ2) is 9.18. The second-order valence-electron chi connectivity index (χ2n) is 8.59. The Kier molecular flexibility index (Phi) is 6.35. The number of aromatic nitrogens is 1. The molecule has 2 heterocycles. The molecule has 0 amide bonds. The van der Waals surface area contributed by atoms with Crippen molar-refractivity contribution in [3.05, 3.63) is 77.0 Å². The van der Waals surface area contributed by atoms with E-state index in [0.717, 1.165) is 64.2 Å². The van der Waals surface area contributed by atoms with Crippen molar-refractivity contribution >= 4 is 16.9 Å². The normalized spacial score (nSPS) is 18.0. The maximum Gasteiger partial charge on any atom is 0.321 e. The van der Waals surface area contributed by atoms with Crippen molar-refractivity contribution in [2.24, 2.45) is 0 Å². The van der Waals surface area contributed by atoms with Crippen molar-refractivity contribution in [2.45, 2.75) is 38.9 Å². The first-order valence-electron chi connectivity index (χ1n) is 11.0. The van der Waals surface area contributed by atoms with Crippen molar-refractivity contribution in [3.63, 3.8) is 0 Å². The van der Waals surface area contributed by atoms with Crippen LogP contribution in [0.3, 0.4) is 0 Å². The van der Waals surface area contributed by atoms with Crippen LogP contribution in [0, 0.1) is 0 Å². The van der Waals surface area contributed by atoms with Gasteiger partial charge in [-0.25, -0.2) is 0 Å². The number of rotatable bonds is 8. The summed E-state index contributed by atoms with van der Waals surface area (Å²) in [7, 11) is 1.68. The monoisotopic (exact) mass is 433 g/mol. The van der Waals surface area contributed by atoms with Gasteiger partial charge in [-0.15, -0.1) is 0 Å². The van der Waals surface area contributed by atoms with Crippen LogP contribution in [0.2, 0.25) is 0 Å². The third kappa shape index (κ3) is 4.29. The predicted octanol–water partition coefficient (Wildman–Crippen LogP) is 4.26. The van der Waals surface area contributed by atoms with Gasteiger partial charge in [0.25, 0.3) is 0 Å². The maximum atomic E-state index is 11.9. The van der Waals surface area contributed by atoms with E-state index in [2.05, 4.69) is 40.8 Å². The fourth-order valence-corrected chi connectivity index (χ4v) is 4.66. The number of fused-ring (bicyclic) bond motifs is 3. The fourth-order valence-electron chi connectivity index (χ4n) is 4.66. The van der Waals surface area contributed by atoms with Crippen LogP contribution in [0.1, 0.15) is 42.3 Å². The van der Waals surface area contributed by atoms with Gasteiger partial charge in [-0.3, -0.25) is 15.0 Å². The van der Waals surface area contributed by atoms with Crippen LogP contribution in [0.15, 0.2) is 54.6 Å². The quantitative estimate of drug-likeness (QED) is 0.463. The fraction of sp³-hybridized carbons (Fsp3) is 0.346. The zero-order valence-electron chi connectivity index (χ0n) is 18.9. The Labute approximate surface area is 188 Å². The minimum absolute atomic E-state index is 0.242. The van der Waals surface area contributed by atoms with E-state index in [0.29, 0.717) is 6.42 Å². The maximum absolute atomic E-state index is 11.9. The van der Waals surface area contributed by atoms with Crippen molar-refractivity contribution in [1.29, 1.82) is 0 Å². The number of carboxylic acid groups (broad SMARTS) is 1. The molecule has 0 spiro atoms. The largest absolute Gasteiger partial charge is 0.496 e. The first kappa shape index (κ1) is 22.1. The Hall–Kier alpha value is -3.09. The van der Waals surface area contributed by atoms with Gasteiger partial charge in [0.1, 0.15) is 11.8 Å². The standard InChI is InChI=1S/C26H31N3O3/c1-5-29(14-16(2)3)15-18-12-17(10-11-23(18)32-4)24-25-20(13-22(28-24)26(30)31)19-8-6-7-9-21(19)27-25/h6-12,22,24,27-28H,2,5,13-15H2,1,3-4H3,(H,30,31). The Morgan fingerprint density at radius 3 is 2.75 bits per heavy atom. The molecule has 2 unspecified atom stereocenters. The van der Waals surface area contributed by atoms with Crippen molar-refractivity contribution in [1.82, 2.24) is 15.2 Å². The topological polar surface area (TPSA) is 77.6 Å². The van der Waals surface area contributed by atoms with Crippen LogP contribution in [-0.4, -0.2) is 47.2 Å². The molecular weight excluding hydrogens is 402 g/mol. The molecule has 3 N–H and O–H groups in total. The predicted molar refractivity (Wildman–Crippen MR) is 127 cm³/mol. The summed E-state index contributed by atoms with van der Waals surface area (Å²) in [5.41, 5.74) is 6.35. The number of aliphatic carboxylic acids is 1. The second-order valence-corrected chi connectivity index (χ2v) is 8.59. The smallest absolute Gasteiger partial charge is 0.321 e. The lowest BCUT2D eigenvalue weighted by Gasteiger charge is -2.30. The van der Waals surface area contributed by atoms with Gasteiger partial charge >= 0.3 is 5.97 Å². The Bertz CT molecular complexity index is 1150. The molecule has 3 aromatic rings. The van der Waals surface area contributed by atoms with Crippen LogP contribution >= 0.6 is 0 Å². The molecule has 0 saturated heterocycles. The van der Waals surface area contributed by atoms with E-state index >= 15 is 0 Å². The number of aromatic amines is 1. The average Bonchev–Trinajstić information content (AvgIpc) is 3.16. The number of nitrogens with one attached hydrogen (secondary N) is 2. The lowest BCUT2D eigenvalue weighted by Crippen LogP contribution is -2.45. The van der Waals surface area contributed by atoms with Crippen molar-refractivity contribution in [2.75, 3.05) is 20.2 Å². The summed E-state index contributed by atoms with van der Waals surface area (Å²) in [6.45, 7) is 10.7. The molecule has 0 fully saturated rings. The van der Waals surface area contributed by atoms with E-state index in [1.165, 1.54) is 0 Å². The SMILES string of the molecule is C=C(C)CN(CC)Cc1cc(C2NC(C(=O)O)Cc3c2[nH]c2ccccc32)ccc1OC. The first-order chi connectivity index (χ1) is 15.4. The molecule has 1 aliphatic rings. The summed E-state index contributed by atoms with van der Waals surface area (Å²) in [4.78, 5) is 17.8. The highest BCUT2D eigenvalue weighted by Gasteiger charge is 2.34. The molecule has 2 atom stereocenters. The molecule has 4 rings (SSSR count). The van der Waals surface area contributed by atoms with Crippen molar-refractivity contribution < 1.29 is 14.6 Å². The number of hydrogen-bond acceptors (Lipinski definition) is 4. The number of carbonyl (C=O) groups is 1. The van der Waals surface area contributed by atoms with Gasteiger partial charge in [-0.05, 0) is 42.8 Å². The van der Waals surface area contributed by atoms with Gasteiger partial charge < -0.3 is 14.8 Å². The lowest BCUT2D eigenvalue weighted by atomic mass is 9.89. The molecule has 2 aromatic carbocycles. The number of ether oxygens (including phenoxy) is 1. The number of H-pyrrole nitrogens is 1. The summed E-state index contributed by atoms with van der Waals surface area (Å²) in [5.74, 6) is -0.00494. The van der Waals surface area contributed by atoms with Crippen LogP contribution in [-0.2, 0) is 17.8 Å². The van der Waals surface area contributed by atoms with Gasteiger partial charge in [-0.2, -0.15) is 0 Å². The minimum Gasteiger partial charge on any atom is -0.496 e. The van der Waals surface area contributed by atoms with Crippen LogP contribution in [0.25, 0.3) is 10.9 Å². The lowest BCUT2D eigenvalue weighted by molar-refractivity contribution is -0.139. The Morgan fingerprint density at radius 2 is 2.06 bits per heavy atom. The summed E-state index contributed by atoms with van der Waals surface area (Å²) in [6, 6.07) is 13.3. The highest BCUT2D eigenvalue weighted by Crippen LogP contribution is 2.36. The summed E-state index contributed by atoms with van der Waals surface area (Å²) < 4.78 is 5.64. The molecular formula is C26H31N3O3. The third-order valence-corrected chi connectivity index (χ3v) is 6.18. The van der Waals surface area contributed by atoms with Crippen LogP contribution in [0.4, 0.5) is 0 Å². The number of para-hydroxylation sites is 1. The molecule has 1 aliphatic heterocycles. The van der Waals surface area contributed by atoms with Gasteiger partial charge in [0.05, 0.1) is 13.2 Å². The molecule has 1 aromatic heterocycles. The molecule has 0 bridgehead atoms. The number of benzene rings is 2. The summed E-state index contributed by atoms with van der Waals surface area (Å²) >= 11 is 0. The van der Waals surface area contributed by atoms with E-state index in [1.807, 2.05) is 37.3 Å². The zero-order valence-corrected chi connectivity index (χ0v) is 18.9. The number of likely N-dealkylation sites (N-methyl/N-ethyl adjacent to an activating group) is 1. The Balaban J connectivity index is 1.77. The average molecular weight is 434 g/mol. The summed E-state index contributed by atoms with van der Waals surface area (Å²) in [5, 5.41) is 14.2. The van der Waals surface area contributed by atoms with Gasteiger partial charge in [0.15, 0.2) is 0 Å². The van der Waals surface area contributed by atoms with E-state index < -0.39 is 12.0 Å². The van der Waals surface area contributed by atoms with Gasteiger partial charge in [-0.1, -0.05) is 43.3 Å². The highest BCUT2D eigenvalue weighted by molar-refractivity contribution is 5.87. The third-order valence-electron chi connectivity index (χ3n) is 6.18. The van der Waals surface area contributed by atoms with Crippen LogP contribution < -0.4 is 10.1 Å². The molecule has 0 radical (unpaired) electrons. The molecule has 168 valence electrons. The van der Waals surface area contributed by atoms with E-state index in [1.54, 1.807) is 7.11 Å². The molecule has 0 saturated carbocycles. The zero-order chi connectivity index (χ0) is 22.8. The van der Waals surface area contributed by atoms with Crippen molar-refractivity contribution in [3.8, 4) is 5.75 Å². The molecule has 6 heteroatoms. The number of carboxylic acids is 1. The molecule has 0 aliphatic carbocycles. The Morgan fingerprint density at radius 1 is 1.28 bits per heavy atom. The van der Waals surface area contributed by atoms with Gasteiger partial charge in [0.2, 0.25) is 0 Å². The first-order valence-corrected chi connectivity index (χ1v) is 11.0. The number of methoxy groups -OCH3 is 1. The van der Waals surface area contributed by atoms with Crippen LogP contribution in [0.5, 0.6) is 5.75 Å². The highest BCUT2D eigenvalue weighted by atomic mass is 16.5. The van der Waals surface area contributed by atoms with Gasteiger partial charge in [0, 0.05) is 41.7 Å². The molecule has 6 nitrogen and oxygen atoms in total. The van der Waals surface area contributed by atoms with E-state index in [9.17, 15) is 9.90 Å². The number of hydrogen-bond donors (Lipinski definition) is 3.